The maximum atomic E-state index is 13.9. The lowest BCUT2D eigenvalue weighted by Gasteiger charge is -2.17. The van der Waals surface area contributed by atoms with E-state index in [1.807, 2.05) is 28.8 Å². The number of benzene rings is 2. The van der Waals surface area contributed by atoms with Crippen LogP contribution in [-0.2, 0) is 29.1 Å². The van der Waals surface area contributed by atoms with Crippen LogP contribution in [0.25, 0.3) is 33.8 Å². The predicted molar refractivity (Wildman–Crippen MR) is 187 cm³/mol. The van der Waals surface area contributed by atoms with Gasteiger partial charge in [-0.2, -0.15) is 13.2 Å². The number of ketones is 1. The van der Waals surface area contributed by atoms with Crippen LogP contribution in [-0.4, -0.2) is 59.2 Å². The van der Waals surface area contributed by atoms with Gasteiger partial charge >= 0.3 is 6.18 Å². The molecule has 0 bridgehead atoms. The van der Waals surface area contributed by atoms with E-state index >= 15 is 0 Å². The summed E-state index contributed by atoms with van der Waals surface area (Å²) in [6.45, 7) is 15.0. The fraction of sp³-hybridized carbons (Fsp3) is 0.371. The number of rotatable bonds is 14. The van der Waals surface area contributed by atoms with E-state index < -0.39 is 39.2 Å². The zero-order valence-corrected chi connectivity index (χ0v) is 30.3. The van der Waals surface area contributed by atoms with Crippen molar-refractivity contribution in [1.29, 1.82) is 0 Å². The molecule has 0 fully saturated rings. The minimum absolute atomic E-state index is 0.0971. The normalized spacial score (nSPS) is 12.6. The van der Waals surface area contributed by atoms with Gasteiger partial charge in [0.05, 0.1) is 28.0 Å². The number of alkyl halides is 3. The molecule has 13 heteroatoms. The van der Waals surface area contributed by atoms with Crippen molar-refractivity contribution in [3.05, 3.63) is 90.0 Å². The molecular formula is C35H42F3N5O3Si2. The summed E-state index contributed by atoms with van der Waals surface area (Å²) < 4.78 is 57.8. The maximum absolute atomic E-state index is 13.9. The van der Waals surface area contributed by atoms with Crippen LogP contribution in [0.15, 0.2) is 73.3 Å². The summed E-state index contributed by atoms with van der Waals surface area (Å²) in [5.41, 5.74) is 2.35. The monoisotopic (exact) mass is 693 g/mol. The summed E-state index contributed by atoms with van der Waals surface area (Å²) in [5.74, 6) is -0.222. The van der Waals surface area contributed by atoms with E-state index in [2.05, 4.69) is 49.3 Å². The average Bonchev–Trinajstić information content (AvgIpc) is 3.61. The first kappa shape index (κ1) is 35.4. The number of imidazole rings is 1. The summed E-state index contributed by atoms with van der Waals surface area (Å²) >= 11 is 0. The first-order chi connectivity index (χ1) is 22.6. The Hall–Kier alpha value is -3.92. The van der Waals surface area contributed by atoms with Crippen molar-refractivity contribution in [2.24, 2.45) is 0 Å². The van der Waals surface area contributed by atoms with Gasteiger partial charge in [-0.25, -0.2) is 15.0 Å². The smallest absolute Gasteiger partial charge is 0.361 e. The van der Waals surface area contributed by atoms with E-state index in [0.717, 1.165) is 34.9 Å². The van der Waals surface area contributed by atoms with Gasteiger partial charge in [0, 0.05) is 58.4 Å². The Balaban J connectivity index is 1.61. The fourth-order valence-corrected chi connectivity index (χ4v) is 6.67. The number of nitrogens with zero attached hydrogens (tertiary/aromatic N) is 5. The summed E-state index contributed by atoms with van der Waals surface area (Å²) in [7, 11) is -2.75. The molecule has 3 heterocycles. The lowest BCUT2D eigenvalue weighted by atomic mass is 9.99. The van der Waals surface area contributed by atoms with Gasteiger partial charge in [-0.15, -0.1) is 0 Å². The Kier molecular flexibility index (Phi) is 10.5. The molecule has 0 aliphatic heterocycles. The highest BCUT2D eigenvalue weighted by atomic mass is 28.3. The molecule has 0 saturated carbocycles. The van der Waals surface area contributed by atoms with E-state index in [1.165, 1.54) is 24.5 Å². The third-order valence-corrected chi connectivity index (χ3v) is 11.3. The maximum Gasteiger partial charge on any atom is 0.417 e. The second-order valence-corrected chi connectivity index (χ2v) is 25.6. The van der Waals surface area contributed by atoms with Gasteiger partial charge in [-0.3, -0.25) is 9.36 Å². The molecular weight excluding hydrogens is 652 g/mol. The Labute approximate surface area is 281 Å². The van der Waals surface area contributed by atoms with Crippen LogP contribution in [0.2, 0.25) is 51.4 Å². The topological polar surface area (TPSA) is 84.1 Å². The van der Waals surface area contributed by atoms with Gasteiger partial charge in [-0.1, -0.05) is 63.5 Å². The lowest BCUT2D eigenvalue weighted by Crippen LogP contribution is -2.22. The highest BCUT2D eigenvalue weighted by Gasteiger charge is 2.35. The molecule has 8 nitrogen and oxygen atoms in total. The Morgan fingerprint density at radius 2 is 1.56 bits per heavy atom. The number of hydrogen-bond donors (Lipinski definition) is 0. The zero-order valence-electron chi connectivity index (χ0n) is 28.3. The van der Waals surface area contributed by atoms with Crippen LogP contribution in [0.1, 0.15) is 21.5 Å². The zero-order chi connectivity index (χ0) is 34.7. The van der Waals surface area contributed by atoms with Crippen molar-refractivity contribution >= 4 is 33.0 Å². The summed E-state index contributed by atoms with van der Waals surface area (Å²) in [6, 6.07) is 16.0. The van der Waals surface area contributed by atoms with Crippen LogP contribution in [0.4, 0.5) is 13.2 Å². The third-order valence-electron chi connectivity index (χ3n) is 7.93. The second-order valence-electron chi connectivity index (χ2n) is 14.3. The summed E-state index contributed by atoms with van der Waals surface area (Å²) in [5, 5.41) is 0. The minimum atomic E-state index is -4.68. The van der Waals surface area contributed by atoms with Crippen molar-refractivity contribution in [3.63, 3.8) is 0 Å². The van der Waals surface area contributed by atoms with Gasteiger partial charge in [0.15, 0.2) is 11.6 Å². The Morgan fingerprint density at radius 1 is 0.875 bits per heavy atom. The quantitative estimate of drug-likeness (QED) is 0.0657. The standard InChI is InChI=1S/C35H42F3N5O3Si2/c1-47(2,3)17-15-45-23-42-21-26(33(44)27-9-7-8-10-28(27)35(36,37)38)20-32(42)34-41-30-12-11-25(29-13-14-39-22-40-29)19-31(30)43(34)24-46-16-18-48(4,5)6/h7-14,19-22H,15-18,23-24H2,1-6H3. The predicted octanol–water partition coefficient (Wildman–Crippen LogP) is 8.84. The van der Waals surface area contributed by atoms with Crippen molar-refractivity contribution in [2.75, 3.05) is 13.2 Å². The Morgan fingerprint density at radius 3 is 2.21 bits per heavy atom. The molecule has 0 N–H and O–H groups in total. The fourth-order valence-electron chi connectivity index (χ4n) is 5.16. The van der Waals surface area contributed by atoms with E-state index in [9.17, 15) is 18.0 Å². The molecule has 0 saturated heterocycles. The van der Waals surface area contributed by atoms with E-state index in [0.29, 0.717) is 30.2 Å². The molecule has 254 valence electrons. The van der Waals surface area contributed by atoms with Crippen LogP contribution < -0.4 is 0 Å². The number of carbonyl (C=O) groups is 1. The average molecular weight is 694 g/mol. The van der Waals surface area contributed by atoms with Crippen LogP contribution in [0.5, 0.6) is 0 Å². The molecule has 3 aromatic heterocycles. The first-order valence-electron chi connectivity index (χ1n) is 15.9. The van der Waals surface area contributed by atoms with Crippen molar-refractivity contribution in [3.8, 4) is 22.8 Å². The number of fused-ring (bicyclic) bond motifs is 1. The van der Waals surface area contributed by atoms with Crippen molar-refractivity contribution in [1.82, 2.24) is 24.1 Å². The molecule has 2 aromatic carbocycles. The van der Waals surface area contributed by atoms with Crippen molar-refractivity contribution < 1.29 is 27.4 Å². The third kappa shape index (κ3) is 8.75. The molecule has 0 unspecified atom stereocenters. The number of ether oxygens (including phenoxy) is 2. The minimum Gasteiger partial charge on any atom is -0.361 e. The highest BCUT2D eigenvalue weighted by Crippen LogP contribution is 2.35. The van der Waals surface area contributed by atoms with Crippen molar-refractivity contribution in [2.45, 2.75) is 71.0 Å². The lowest BCUT2D eigenvalue weighted by molar-refractivity contribution is -0.137. The van der Waals surface area contributed by atoms with Gasteiger partial charge in [0.25, 0.3) is 0 Å². The summed E-state index contributed by atoms with van der Waals surface area (Å²) in [4.78, 5) is 27.1. The van der Waals surface area contributed by atoms with Gasteiger partial charge in [-0.05, 0) is 42.4 Å². The number of halogens is 3. The van der Waals surface area contributed by atoms with Crippen LogP contribution >= 0.6 is 0 Å². The molecule has 0 aliphatic rings. The first-order valence-corrected chi connectivity index (χ1v) is 23.4. The molecule has 5 aromatic rings. The number of hydrogen-bond acceptors (Lipinski definition) is 6. The molecule has 0 atom stereocenters. The molecule has 48 heavy (non-hydrogen) atoms. The Bertz CT molecular complexity index is 1880. The van der Waals surface area contributed by atoms with Gasteiger partial charge in [0.2, 0.25) is 0 Å². The highest BCUT2D eigenvalue weighted by molar-refractivity contribution is 6.76. The molecule has 0 radical (unpaired) electrons. The molecule has 5 rings (SSSR count). The van der Waals surface area contributed by atoms with Crippen LogP contribution in [0.3, 0.4) is 0 Å². The van der Waals surface area contributed by atoms with Gasteiger partial charge < -0.3 is 14.0 Å². The summed E-state index contributed by atoms with van der Waals surface area (Å²) in [6.07, 6.45) is 0.0488. The number of aromatic nitrogens is 5. The largest absolute Gasteiger partial charge is 0.417 e. The van der Waals surface area contributed by atoms with Crippen LogP contribution in [0, 0.1) is 0 Å². The molecule has 0 amide bonds. The molecule has 0 aliphatic carbocycles. The van der Waals surface area contributed by atoms with E-state index in [-0.39, 0.29) is 19.0 Å². The second kappa shape index (κ2) is 14.3. The molecule has 0 spiro atoms. The SMILES string of the molecule is C[Si](C)(C)CCOCn1cc(C(=O)c2ccccc2C(F)(F)F)cc1-c1nc2ccc(-c3ccncn3)cc2n1COCC[Si](C)(C)C. The van der Waals surface area contributed by atoms with E-state index in [1.54, 1.807) is 23.0 Å². The van der Waals surface area contributed by atoms with Gasteiger partial charge in [0.1, 0.15) is 19.8 Å². The number of carbonyl (C=O) groups excluding carboxylic acids is 1. The van der Waals surface area contributed by atoms with E-state index in [4.69, 9.17) is 14.5 Å².